The van der Waals surface area contributed by atoms with Crippen molar-refractivity contribution in [3.63, 3.8) is 0 Å². The molecule has 4 rings (SSSR count). The third-order valence-electron chi connectivity index (χ3n) is 5.18. The van der Waals surface area contributed by atoms with E-state index < -0.39 is 5.97 Å². The van der Waals surface area contributed by atoms with Crippen LogP contribution in [0.15, 0.2) is 77.2 Å². The zero-order chi connectivity index (χ0) is 23.4. The van der Waals surface area contributed by atoms with Gasteiger partial charge >= 0.3 is 5.97 Å². The van der Waals surface area contributed by atoms with E-state index in [4.69, 9.17) is 13.9 Å². The number of ether oxygens (including phenoxy) is 2. The predicted molar refractivity (Wildman–Crippen MR) is 128 cm³/mol. The topological polar surface area (TPSA) is 65.7 Å². The Morgan fingerprint density at radius 1 is 0.939 bits per heavy atom. The Morgan fingerprint density at radius 3 is 2.48 bits per heavy atom. The Kier molecular flexibility index (Phi) is 6.41. The number of hydrogen-bond acceptors (Lipinski definition) is 5. The normalized spacial score (nSPS) is 11.1. The summed E-state index contributed by atoms with van der Waals surface area (Å²) < 4.78 is 16.9. The molecule has 0 aliphatic heterocycles. The molecule has 0 saturated heterocycles. The molecule has 0 radical (unpaired) electrons. The number of benzene rings is 3. The predicted octanol–water partition coefficient (Wildman–Crippen LogP) is 6.56. The summed E-state index contributed by atoms with van der Waals surface area (Å²) in [7, 11) is 0. The number of allylic oxidation sites excluding steroid dienone is 1. The minimum absolute atomic E-state index is 0.0945. The average molecular weight is 440 g/mol. The molecule has 0 atom stereocenters. The van der Waals surface area contributed by atoms with Gasteiger partial charge < -0.3 is 13.9 Å². The number of carbonyl (C=O) groups is 2. The molecule has 5 heteroatoms. The molecule has 4 aromatic rings. The van der Waals surface area contributed by atoms with E-state index in [-0.39, 0.29) is 5.78 Å². The van der Waals surface area contributed by atoms with Gasteiger partial charge in [-0.2, -0.15) is 0 Å². The number of furan rings is 1. The summed E-state index contributed by atoms with van der Waals surface area (Å²) in [6.07, 6.45) is 3.21. The molecule has 0 N–H and O–H groups in total. The highest BCUT2D eigenvalue weighted by Gasteiger charge is 2.21. The van der Waals surface area contributed by atoms with Crippen LogP contribution in [0, 0.1) is 13.8 Å². The molecule has 0 fully saturated rings. The Balaban J connectivity index is 1.53. The van der Waals surface area contributed by atoms with Crippen LogP contribution in [0.3, 0.4) is 0 Å². The average Bonchev–Trinajstić information content (AvgIpc) is 3.13. The maximum Gasteiger partial charge on any atom is 0.347 e. The first-order valence-corrected chi connectivity index (χ1v) is 10.7. The molecule has 0 unspecified atom stereocenters. The lowest BCUT2D eigenvalue weighted by molar-refractivity contribution is 0.0734. The largest absolute Gasteiger partial charge is 0.494 e. The maximum atomic E-state index is 13.0. The van der Waals surface area contributed by atoms with Crippen molar-refractivity contribution in [2.45, 2.75) is 20.8 Å². The smallest absolute Gasteiger partial charge is 0.347 e. The lowest BCUT2D eigenvalue weighted by Crippen LogP contribution is -2.09. The molecular formula is C28H24O5. The molecule has 0 amide bonds. The van der Waals surface area contributed by atoms with E-state index in [0.717, 1.165) is 11.1 Å². The van der Waals surface area contributed by atoms with Gasteiger partial charge in [0.2, 0.25) is 0 Å². The summed E-state index contributed by atoms with van der Waals surface area (Å²) in [6.45, 7) is 6.13. The first-order valence-electron chi connectivity index (χ1n) is 10.7. The molecule has 0 bridgehead atoms. The van der Waals surface area contributed by atoms with E-state index in [1.165, 1.54) is 6.08 Å². The van der Waals surface area contributed by atoms with Crippen LogP contribution >= 0.6 is 0 Å². The molecule has 5 nitrogen and oxygen atoms in total. The molecule has 0 aliphatic carbocycles. The van der Waals surface area contributed by atoms with Crippen LogP contribution in [0.5, 0.6) is 11.5 Å². The van der Waals surface area contributed by atoms with Gasteiger partial charge in [0.1, 0.15) is 28.4 Å². The van der Waals surface area contributed by atoms with E-state index in [1.807, 2.05) is 32.0 Å². The minimum atomic E-state index is -0.517. The number of hydrogen-bond donors (Lipinski definition) is 0. The fraction of sp³-hybridized carbons (Fsp3) is 0.143. The van der Waals surface area contributed by atoms with E-state index >= 15 is 0 Å². The van der Waals surface area contributed by atoms with E-state index in [9.17, 15) is 9.59 Å². The van der Waals surface area contributed by atoms with Crippen LogP contribution in [0.1, 0.15) is 44.5 Å². The summed E-state index contributed by atoms with van der Waals surface area (Å²) in [5.74, 6) is 0.896. The van der Waals surface area contributed by atoms with Crippen molar-refractivity contribution in [3.05, 3.63) is 101 Å². The lowest BCUT2D eigenvalue weighted by Gasteiger charge is -2.06. The Bertz CT molecular complexity index is 1340. The second kappa shape index (κ2) is 9.57. The Hall–Kier alpha value is -4.12. The molecule has 0 spiro atoms. The quantitative estimate of drug-likeness (QED) is 0.141. The van der Waals surface area contributed by atoms with Gasteiger partial charge in [-0.25, -0.2) is 4.79 Å². The summed E-state index contributed by atoms with van der Waals surface area (Å²) >= 11 is 0. The molecule has 166 valence electrons. The summed E-state index contributed by atoms with van der Waals surface area (Å²) in [4.78, 5) is 25.4. The monoisotopic (exact) mass is 440 g/mol. The zero-order valence-electron chi connectivity index (χ0n) is 18.8. The number of fused-ring (bicyclic) bond motifs is 1. The van der Waals surface area contributed by atoms with E-state index in [1.54, 1.807) is 61.5 Å². The van der Waals surface area contributed by atoms with Crippen molar-refractivity contribution in [1.82, 2.24) is 0 Å². The fourth-order valence-corrected chi connectivity index (χ4v) is 3.53. The van der Waals surface area contributed by atoms with Crippen molar-refractivity contribution in [2.75, 3.05) is 6.61 Å². The minimum Gasteiger partial charge on any atom is -0.494 e. The molecule has 0 aliphatic rings. The molecule has 0 saturated carbocycles. The first-order chi connectivity index (χ1) is 15.9. The number of carbonyl (C=O) groups excluding carboxylic acids is 2. The summed E-state index contributed by atoms with van der Waals surface area (Å²) in [5.41, 5.74) is 3.41. The van der Waals surface area contributed by atoms with Crippen molar-refractivity contribution >= 4 is 28.8 Å². The molecular weight excluding hydrogens is 416 g/mol. The molecule has 1 heterocycles. The van der Waals surface area contributed by atoms with E-state index in [2.05, 4.69) is 0 Å². The Morgan fingerprint density at radius 2 is 1.73 bits per heavy atom. The summed E-state index contributed by atoms with van der Waals surface area (Å²) in [6, 6.07) is 19.8. The van der Waals surface area contributed by atoms with Gasteiger partial charge in [0.15, 0.2) is 5.78 Å². The first kappa shape index (κ1) is 22.1. The second-order valence-corrected chi connectivity index (χ2v) is 7.65. The highest BCUT2D eigenvalue weighted by atomic mass is 16.5. The number of aryl methyl sites for hydroxylation is 2. The van der Waals surface area contributed by atoms with Crippen LogP contribution in [-0.4, -0.2) is 18.4 Å². The highest BCUT2D eigenvalue weighted by Crippen LogP contribution is 2.30. The van der Waals surface area contributed by atoms with Crippen LogP contribution < -0.4 is 9.47 Å². The highest BCUT2D eigenvalue weighted by molar-refractivity contribution is 6.07. The van der Waals surface area contributed by atoms with Gasteiger partial charge in [-0.3, -0.25) is 4.79 Å². The standard InChI is InChI=1S/C28H24O5/c1-4-31-22-13-15-26-24(17-22)27(19(3)32-26)28(30)33-23-7-5-6-20(16-23)10-14-25(29)21-11-8-18(2)9-12-21/h5-17H,4H2,1-3H3. The van der Waals surface area contributed by atoms with Crippen molar-refractivity contribution in [1.29, 1.82) is 0 Å². The zero-order valence-corrected chi connectivity index (χ0v) is 18.8. The second-order valence-electron chi connectivity index (χ2n) is 7.65. The maximum absolute atomic E-state index is 13.0. The van der Waals surface area contributed by atoms with Gasteiger partial charge in [-0.1, -0.05) is 48.0 Å². The third kappa shape index (κ3) is 5.04. The van der Waals surface area contributed by atoms with Gasteiger partial charge in [0, 0.05) is 10.9 Å². The number of ketones is 1. The van der Waals surface area contributed by atoms with Gasteiger partial charge in [0.25, 0.3) is 0 Å². The molecule has 1 aromatic heterocycles. The molecule has 3 aromatic carbocycles. The van der Waals surface area contributed by atoms with E-state index in [0.29, 0.717) is 46.0 Å². The number of rotatable bonds is 7. The Labute approximate surface area is 192 Å². The van der Waals surface area contributed by atoms with Crippen LogP contribution in [0.4, 0.5) is 0 Å². The van der Waals surface area contributed by atoms with Crippen LogP contribution in [-0.2, 0) is 0 Å². The van der Waals surface area contributed by atoms with Gasteiger partial charge in [-0.05, 0) is 62.7 Å². The van der Waals surface area contributed by atoms with Crippen molar-refractivity contribution in [2.24, 2.45) is 0 Å². The van der Waals surface area contributed by atoms with Crippen molar-refractivity contribution < 1.29 is 23.5 Å². The third-order valence-corrected chi connectivity index (χ3v) is 5.18. The fourth-order valence-electron chi connectivity index (χ4n) is 3.53. The van der Waals surface area contributed by atoms with Crippen LogP contribution in [0.2, 0.25) is 0 Å². The van der Waals surface area contributed by atoms with Gasteiger partial charge in [-0.15, -0.1) is 0 Å². The molecule has 33 heavy (non-hydrogen) atoms. The van der Waals surface area contributed by atoms with Crippen LogP contribution in [0.25, 0.3) is 17.0 Å². The van der Waals surface area contributed by atoms with Crippen molar-refractivity contribution in [3.8, 4) is 11.5 Å². The summed E-state index contributed by atoms with van der Waals surface area (Å²) in [5, 5.41) is 0.642. The number of esters is 1. The van der Waals surface area contributed by atoms with Gasteiger partial charge in [0.05, 0.1) is 6.61 Å². The lowest BCUT2D eigenvalue weighted by atomic mass is 10.1. The SMILES string of the molecule is CCOc1ccc2oc(C)c(C(=O)Oc3cccc(C=CC(=O)c4ccc(C)cc4)c3)c2c1.